The molecule has 25 heavy (non-hydrogen) atoms. The van der Waals surface area contributed by atoms with Crippen molar-refractivity contribution in [2.75, 3.05) is 13.2 Å². The van der Waals surface area contributed by atoms with Crippen LogP contribution < -0.4 is 10.1 Å². The number of hydrogen-bond acceptors (Lipinski definition) is 4. The summed E-state index contributed by atoms with van der Waals surface area (Å²) in [7, 11) is 0. The summed E-state index contributed by atoms with van der Waals surface area (Å²) in [5.74, 6) is -2.34. The molecule has 2 heterocycles. The lowest BCUT2D eigenvalue weighted by Gasteiger charge is -2.23. The number of alkyl halides is 3. The standard InChI is InChI=1S/C15H13F3N2O5/c16-15(17,18)25-9-2-1-8-5-11(19-10(8)6-9)12(21)20-14(13(22)23)3-4-24-7-14/h1-2,5-6,19H,3-4,7H2,(H,20,21)(H,22,23). The molecule has 2 aromatic rings. The highest BCUT2D eigenvalue weighted by molar-refractivity contribution is 6.00. The molecule has 1 atom stereocenters. The van der Waals surface area contributed by atoms with Gasteiger partial charge in [0.15, 0.2) is 5.54 Å². The Balaban J connectivity index is 1.83. The summed E-state index contributed by atoms with van der Waals surface area (Å²) in [6, 6.07) is 4.99. The van der Waals surface area contributed by atoms with Crippen LogP contribution in [0.25, 0.3) is 10.9 Å². The van der Waals surface area contributed by atoms with Crippen LogP contribution in [0.3, 0.4) is 0 Å². The first-order valence-corrected chi connectivity index (χ1v) is 7.21. The molecule has 1 aromatic carbocycles. The topological polar surface area (TPSA) is 101 Å². The number of carbonyl (C=O) groups excluding carboxylic acids is 1. The first-order chi connectivity index (χ1) is 11.7. The predicted octanol–water partition coefficient (Wildman–Crippen LogP) is 2.04. The minimum atomic E-state index is -4.82. The number of rotatable bonds is 4. The fraction of sp³-hybridized carbons (Fsp3) is 0.333. The number of benzene rings is 1. The second-order valence-electron chi connectivity index (χ2n) is 5.62. The largest absolute Gasteiger partial charge is 0.573 e. The quantitative estimate of drug-likeness (QED) is 0.777. The van der Waals surface area contributed by atoms with E-state index in [0.29, 0.717) is 5.39 Å². The first-order valence-electron chi connectivity index (χ1n) is 7.21. The minimum Gasteiger partial charge on any atom is -0.479 e. The van der Waals surface area contributed by atoms with Crippen LogP contribution in [0.5, 0.6) is 5.75 Å². The maximum absolute atomic E-state index is 12.3. The molecule has 0 radical (unpaired) electrons. The van der Waals surface area contributed by atoms with Gasteiger partial charge in [0.2, 0.25) is 0 Å². The van der Waals surface area contributed by atoms with Crippen molar-refractivity contribution in [1.82, 2.24) is 10.3 Å². The van der Waals surface area contributed by atoms with Crippen LogP contribution >= 0.6 is 0 Å². The molecule has 1 amide bonds. The van der Waals surface area contributed by atoms with Crippen LogP contribution in [-0.4, -0.2) is 47.1 Å². The van der Waals surface area contributed by atoms with Gasteiger partial charge < -0.3 is 24.9 Å². The molecule has 3 N–H and O–H groups in total. The van der Waals surface area contributed by atoms with Gasteiger partial charge >= 0.3 is 12.3 Å². The van der Waals surface area contributed by atoms with Crippen molar-refractivity contribution in [2.45, 2.75) is 18.3 Å². The van der Waals surface area contributed by atoms with Gasteiger partial charge in [0, 0.05) is 30.0 Å². The molecule has 1 fully saturated rings. The van der Waals surface area contributed by atoms with Crippen molar-refractivity contribution < 1.29 is 37.3 Å². The summed E-state index contributed by atoms with van der Waals surface area (Å²) in [6.07, 6.45) is -4.70. The molecule has 1 unspecified atom stereocenters. The Morgan fingerprint density at radius 3 is 2.68 bits per heavy atom. The van der Waals surface area contributed by atoms with Crippen molar-refractivity contribution in [1.29, 1.82) is 0 Å². The SMILES string of the molecule is O=C(NC1(C(=O)O)CCOC1)c1cc2ccc(OC(F)(F)F)cc2[nH]1. The van der Waals surface area contributed by atoms with Gasteiger partial charge in [-0.3, -0.25) is 4.79 Å². The Labute approximate surface area is 138 Å². The summed E-state index contributed by atoms with van der Waals surface area (Å²) in [6.45, 7) is 0.0509. The minimum absolute atomic E-state index is 0.0201. The van der Waals surface area contributed by atoms with Crippen LogP contribution in [0, 0.1) is 0 Å². The summed E-state index contributed by atoms with van der Waals surface area (Å²) in [4.78, 5) is 26.4. The molecule has 10 heteroatoms. The Bertz CT molecular complexity index is 824. The Hall–Kier alpha value is -2.75. The number of carboxylic acid groups (broad SMARTS) is 1. The van der Waals surface area contributed by atoms with Crippen molar-refractivity contribution in [3.63, 3.8) is 0 Å². The van der Waals surface area contributed by atoms with Crippen molar-refractivity contribution in [2.24, 2.45) is 0 Å². The van der Waals surface area contributed by atoms with Crippen molar-refractivity contribution in [3.8, 4) is 5.75 Å². The number of ether oxygens (including phenoxy) is 2. The van der Waals surface area contributed by atoms with E-state index in [1.807, 2.05) is 0 Å². The van der Waals surface area contributed by atoms with Gasteiger partial charge in [-0.05, 0) is 18.2 Å². The zero-order chi connectivity index (χ0) is 18.2. The van der Waals surface area contributed by atoms with Gasteiger partial charge in [0.05, 0.1) is 6.61 Å². The van der Waals surface area contributed by atoms with E-state index < -0.39 is 29.5 Å². The van der Waals surface area contributed by atoms with E-state index in [1.54, 1.807) is 0 Å². The molecule has 134 valence electrons. The molecule has 0 bridgehead atoms. The molecular weight excluding hydrogens is 345 g/mol. The van der Waals surface area contributed by atoms with Crippen LogP contribution in [-0.2, 0) is 9.53 Å². The number of carbonyl (C=O) groups is 2. The van der Waals surface area contributed by atoms with Crippen LogP contribution in [0.2, 0.25) is 0 Å². The van der Waals surface area contributed by atoms with E-state index in [1.165, 1.54) is 12.1 Å². The lowest BCUT2D eigenvalue weighted by atomic mass is 9.99. The molecule has 1 aliphatic rings. The second kappa shape index (κ2) is 5.96. The number of aromatic nitrogens is 1. The molecule has 0 saturated carbocycles. The summed E-state index contributed by atoms with van der Waals surface area (Å²) < 4.78 is 45.6. The Morgan fingerprint density at radius 1 is 1.32 bits per heavy atom. The van der Waals surface area contributed by atoms with Gasteiger partial charge in [-0.15, -0.1) is 13.2 Å². The van der Waals surface area contributed by atoms with Gasteiger partial charge in [0.1, 0.15) is 11.4 Å². The smallest absolute Gasteiger partial charge is 0.479 e. The Kier molecular flexibility index (Phi) is 4.07. The lowest BCUT2D eigenvalue weighted by Crippen LogP contribution is -2.55. The van der Waals surface area contributed by atoms with Crippen LogP contribution in [0.4, 0.5) is 13.2 Å². The van der Waals surface area contributed by atoms with Gasteiger partial charge in [-0.1, -0.05) is 0 Å². The van der Waals surface area contributed by atoms with E-state index in [-0.39, 0.29) is 30.8 Å². The number of aromatic amines is 1. The highest BCUT2D eigenvalue weighted by atomic mass is 19.4. The fourth-order valence-corrected chi connectivity index (χ4v) is 2.60. The zero-order valence-corrected chi connectivity index (χ0v) is 12.6. The van der Waals surface area contributed by atoms with E-state index in [0.717, 1.165) is 12.1 Å². The predicted molar refractivity (Wildman–Crippen MR) is 78.3 cm³/mol. The van der Waals surface area contributed by atoms with E-state index >= 15 is 0 Å². The average molecular weight is 358 g/mol. The van der Waals surface area contributed by atoms with Gasteiger partial charge in [-0.2, -0.15) is 0 Å². The Morgan fingerprint density at radius 2 is 2.08 bits per heavy atom. The summed E-state index contributed by atoms with van der Waals surface area (Å²) in [5.41, 5.74) is -1.25. The number of fused-ring (bicyclic) bond motifs is 1. The molecule has 0 spiro atoms. The molecule has 7 nitrogen and oxygen atoms in total. The number of amides is 1. The third-order valence-corrected chi connectivity index (χ3v) is 3.86. The second-order valence-corrected chi connectivity index (χ2v) is 5.62. The monoisotopic (exact) mass is 358 g/mol. The number of halogens is 3. The molecule has 3 rings (SSSR count). The molecule has 1 aromatic heterocycles. The average Bonchev–Trinajstić information content (AvgIpc) is 3.12. The molecule has 0 aliphatic carbocycles. The number of carboxylic acids is 1. The third kappa shape index (κ3) is 3.53. The number of nitrogens with one attached hydrogen (secondary N) is 2. The summed E-state index contributed by atoms with van der Waals surface area (Å²) >= 11 is 0. The number of hydrogen-bond donors (Lipinski definition) is 3. The van der Waals surface area contributed by atoms with Gasteiger partial charge in [0.25, 0.3) is 5.91 Å². The highest BCUT2D eigenvalue weighted by Gasteiger charge is 2.44. The van der Waals surface area contributed by atoms with E-state index in [9.17, 15) is 27.9 Å². The molecule has 1 aliphatic heterocycles. The lowest BCUT2D eigenvalue weighted by molar-refractivity contribution is -0.274. The van der Waals surface area contributed by atoms with Crippen molar-refractivity contribution in [3.05, 3.63) is 30.0 Å². The van der Waals surface area contributed by atoms with Crippen LogP contribution in [0.1, 0.15) is 16.9 Å². The summed E-state index contributed by atoms with van der Waals surface area (Å²) in [5, 5.41) is 12.2. The highest BCUT2D eigenvalue weighted by Crippen LogP contribution is 2.27. The maximum Gasteiger partial charge on any atom is 0.573 e. The fourth-order valence-electron chi connectivity index (χ4n) is 2.60. The molecule has 1 saturated heterocycles. The van der Waals surface area contributed by atoms with Gasteiger partial charge in [-0.25, -0.2) is 4.79 Å². The van der Waals surface area contributed by atoms with Crippen LogP contribution in [0.15, 0.2) is 24.3 Å². The zero-order valence-electron chi connectivity index (χ0n) is 12.6. The maximum atomic E-state index is 12.3. The van der Waals surface area contributed by atoms with Crippen molar-refractivity contribution >= 4 is 22.8 Å². The van der Waals surface area contributed by atoms with E-state index in [4.69, 9.17) is 4.74 Å². The van der Waals surface area contributed by atoms with E-state index in [2.05, 4.69) is 15.0 Å². The number of H-pyrrole nitrogens is 1. The third-order valence-electron chi connectivity index (χ3n) is 3.86. The number of aliphatic carboxylic acids is 1. The first kappa shape index (κ1) is 17.1. The normalized spacial score (nSPS) is 20.6. The molecular formula is C15H13F3N2O5.